The van der Waals surface area contributed by atoms with Crippen LogP contribution < -0.4 is 0 Å². The molecule has 86 valence electrons. The molecule has 17 heavy (non-hydrogen) atoms. The molecule has 1 aromatic carbocycles. The van der Waals surface area contributed by atoms with Gasteiger partial charge >= 0.3 is 0 Å². The molecule has 0 N–H and O–H groups in total. The maximum absolute atomic E-state index is 12.4. The minimum atomic E-state index is -0.524. The highest BCUT2D eigenvalue weighted by Gasteiger charge is 2.30. The lowest BCUT2D eigenvalue weighted by Gasteiger charge is -2.23. The number of carbonyl (C=O) groups excluding carboxylic acids is 1. The lowest BCUT2D eigenvalue weighted by Crippen LogP contribution is -2.29. The number of carbonyl (C=O) groups is 1. The average molecular weight is 225 g/mol. The van der Waals surface area contributed by atoms with Crippen molar-refractivity contribution in [2.24, 2.45) is 0 Å². The fourth-order valence-electron chi connectivity index (χ4n) is 1.84. The molecule has 0 bridgehead atoms. The number of nitrogens with zero attached hydrogens (tertiary/aromatic N) is 1. The van der Waals surface area contributed by atoms with Crippen molar-refractivity contribution in [2.45, 2.75) is 19.3 Å². The Labute approximate surface area is 101 Å². The molecule has 0 fully saturated rings. The average Bonchev–Trinajstić information content (AvgIpc) is 2.40. The van der Waals surface area contributed by atoms with Crippen LogP contribution >= 0.6 is 0 Å². The first-order valence-corrected chi connectivity index (χ1v) is 5.63. The summed E-state index contributed by atoms with van der Waals surface area (Å²) >= 11 is 0. The molecule has 0 radical (unpaired) electrons. The van der Waals surface area contributed by atoms with Gasteiger partial charge in [0.15, 0.2) is 5.78 Å². The molecule has 0 amide bonds. The van der Waals surface area contributed by atoms with Gasteiger partial charge in [-0.25, -0.2) is 0 Å². The molecule has 1 aromatic heterocycles. The number of pyridine rings is 1. The molecular weight excluding hydrogens is 210 g/mol. The van der Waals surface area contributed by atoms with Gasteiger partial charge in [-0.1, -0.05) is 30.3 Å². The predicted molar refractivity (Wildman–Crippen MR) is 68.0 cm³/mol. The molecule has 0 aliphatic heterocycles. The first-order valence-electron chi connectivity index (χ1n) is 5.63. The molecule has 0 saturated carbocycles. The maximum Gasteiger partial charge on any atom is 0.174 e. The van der Waals surface area contributed by atoms with E-state index in [0.717, 1.165) is 5.56 Å². The van der Waals surface area contributed by atoms with Gasteiger partial charge in [-0.3, -0.25) is 9.78 Å². The van der Waals surface area contributed by atoms with E-state index in [1.165, 1.54) is 0 Å². The standard InChI is InChI=1S/C15H15NO/c1-15(2,13-8-4-3-5-9-13)14(17)12-7-6-10-16-11-12/h3-11H,1-2H3. The molecule has 0 unspecified atom stereocenters. The summed E-state index contributed by atoms with van der Waals surface area (Å²) < 4.78 is 0. The molecule has 0 saturated heterocycles. The molecule has 0 aliphatic carbocycles. The normalized spacial score (nSPS) is 11.2. The molecule has 0 atom stereocenters. The molecule has 2 aromatic rings. The van der Waals surface area contributed by atoms with Crippen molar-refractivity contribution in [3.05, 3.63) is 66.0 Å². The van der Waals surface area contributed by atoms with Gasteiger partial charge in [0.1, 0.15) is 0 Å². The minimum absolute atomic E-state index is 0.0943. The lowest BCUT2D eigenvalue weighted by molar-refractivity contribution is 0.0908. The second-order valence-electron chi connectivity index (χ2n) is 4.56. The Bertz CT molecular complexity index is 503. The maximum atomic E-state index is 12.4. The minimum Gasteiger partial charge on any atom is -0.293 e. The number of hydrogen-bond acceptors (Lipinski definition) is 2. The van der Waals surface area contributed by atoms with E-state index in [4.69, 9.17) is 0 Å². The first-order chi connectivity index (χ1) is 8.12. The third-order valence-corrected chi connectivity index (χ3v) is 2.99. The van der Waals surface area contributed by atoms with E-state index in [1.807, 2.05) is 44.2 Å². The molecular formula is C15H15NO. The Morgan fingerprint density at radius 2 is 1.76 bits per heavy atom. The van der Waals surface area contributed by atoms with Gasteiger partial charge in [0.2, 0.25) is 0 Å². The van der Waals surface area contributed by atoms with Gasteiger partial charge in [-0.2, -0.15) is 0 Å². The Morgan fingerprint density at radius 1 is 1.06 bits per heavy atom. The summed E-state index contributed by atoms with van der Waals surface area (Å²) in [6.07, 6.45) is 3.29. The SMILES string of the molecule is CC(C)(C(=O)c1cccnc1)c1ccccc1. The van der Waals surface area contributed by atoms with Crippen LogP contribution in [0.25, 0.3) is 0 Å². The Kier molecular flexibility index (Phi) is 3.05. The van der Waals surface area contributed by atoms with Gasteiger partial charge in [0.05, 0.1) is 5.41 Å². The van der Waals surface area contributed by atoms with E-state index < -0.39 is 5.41 Å². The largest absolute Gasteiger partial charge is 0.293 e. The highest BCUT2D eigenvalue weighted by Crippen LogP contribution is 2.27. The second kappa shape index (κ2) is 4.50. The van der Waals surface area contributed by atoms with E-state index in [-0.39, 0.29) is 5.78 Å². The molecule has 0 spiro atoms. The summed E-state index contributed by atoms with van der Waals surface area (Å²) in [7, 11) is 0. The summed E-state index contributed by atoms with van der Waals surface area (Å²) in [5, 5.41) is 0. The van der Waals surface area contributed by atoms with Gasteiger partial charge < -0.3 is 0 Å². The van der Waals surface area contributed by atoms with Crippen LogP contribution in [0, 0.1) is 0 Å². The van der Waals surface area contributed by atoms with Gasteiger partial charge in [-0.15, -0.1) is 0 Å². The Balaban J connectivity index is 2.37. The molecule has 2 heteroatoms. The van der Waals surface area contributed by atoms with Crippen molar-refractivity contribution < 1.29 is 4.79 Å². The van der Waals surface area contributed by atoms with Crippen molar-refractivity contribution in [1.29, 1.82) is 0 Å². The first kappa shape index (κ1) is 11.5. The summed E-state index contributed by atoms with van der Waals surface area (Å²) in [6, 6.07) is 13.4. The number of ketones is 1. The van der Waals surface area contributed by atoms with Crippen LogP contribution in [0.4, 0.5) is 0 Å². The van der Waals surface area contributed by atoms with Gasteiger partial charge in [0.25, 0.3) is 0 Å². The van der Waals surface area contributed by atoms with Crippen molar-refractivity contribution in [3.8, 4) is 0 Å². The molecule has 0 aliphatic rings. The van der Waals surface area contributed by atoms with E-state index in [9.17, 15) is 4.79 Å². The number of rotatable bonds is 3. The number of aromatic nitrogens is 1. The summed E-state index contributed by atoms with van der Waals surface area (Å²) in [5.74, 6) is 0.0943. The molecule has 2 rings (SSSR count). The van der Waals surface area contributed by atoms with E-state index in [2.05, 4.69) is 4.98 Å². The van der Waals surface area contributed by atoms with Crippen molar-refractivity contribution in [1.82, 2.24) is 4.98 Å². The monoisotopic (exact) mass is 225 g/mol. The molecule has 2 nitrogen and oxygen atoms in total. The third-order valence-electron chi connectivity index (χ3n) is 2.99. The van der Waals surface area contributed by atoms with Crippen LogP contribution in [-0.2, 0) is 5.41 Å². The third kappa shape index (κ3) is 2.26. The summed E-state index contributed by atoms with van der Waals surface area (Å²) in [4.78, 5) is 16.4. The lowest BCUT2D eigenvalue weighted by atomic mass is 9.78. The van der Waals surface area contributed by atoms with Gasteiger partial charge in [-0.05, 0) is 31.5 Å². The smallest absolute Gasteiger partial charge is 0.174 e. The zero-order valence-corrected chi connectivity index (χ0v) is 10.1. The van der Waals surface area contributed by atoms with Crippen LogP contribution in [0.2, 0.25) is 0 Å². The van der Waals surface area contributed by atoms with Crippen molar-refractivity contribution in [2.75, 3.05) is 0 Å². The van der Waals surface area contributed by atoms with E-state index >= 15 is 0 Å². The van der Waals surface area contributed by atoms with Crippen LogP contribution in [0.1, 0.15) is 29.8 Å². The van der Waals surface area contributed by atoms with Gasteiger partial charge in [0, 0.05) is 18.0 Å². The van der Waals surface area contributed by atoms with E-state index in [0.29, 0.717) is 5.56 Å². The summed E-state index contributed by atoms with van der Waals surface area (Å²) in [6.45, 7) is 3.88. The fourth-order valence-corrected chi connectivity index (χ4v) is 1.84. The zero-order valence-electron chi connectivity index (χ0n) is 10.1. The van der Waals surface area contributed by atoms with Crippen LogP contribution in [0.5, 0.6) is 0 Å². The quantitative estimate of drug-likeness (QED) is 0.750. The van der Waals surface area contributed by atoms with Crippen LogP contribution in [0.15, 0.2) is 54.9 Å². The Morgan fingerprint density at radius 3 is 2.35 bits per heavy atom. The fraction of sp³-hybridized carbons (Fsp3) is 0.200. The van der Waals surface area contributed by atoms with Crippen LogP contribution in [0.3, 0.4) is 0 Å². The van der Waals surface area contributed by atoms with Crippen molar-refractivity contribution >= 4 is 5.78 Å². The number of benzene rings is 1. The van der Waals surface area contributed by atoms with Crippen LogP contribution in [-0.4, -0.2) is 10.8 Å². The highest BCUT2D eigenvalue weighted by atomic mass is 16.1. The number of Topliss-reactive ketones (excluding diaryl/α,β-unsaturated/α-hetero) is 1. The van der Waals surface area contributed by atoms with Crippen molar-refractivity contribution in [3.63, 3.8) is 0 Å². The topological polar surface area (TPSA) is 30.0 Å². The highest BCUT2D eigenvalue weighted by molar-refractivity contribution is 6.03. The Hall–Kier alpha value is -1.96. The predicted octanol–water partition coefficient (Wildman–Crippen LogP) is 3.24. The molecule has 1 heterocycles. The number of hydrogen-bond donors (Lipinski definition) is 0. The second-order valence-corrected chi connectivity index (χ2v) is 4.56. The zero-order chi connectivity index (χ0) is 12.3. The van der Waals surface area contributed by atoms with E-state index in [1.54, 1.807) is 24.5 Å². The summed E-state index contributed by atoms with van der Waals surface area (Å²) in [5.41, 5.74) is 1.15.